The third-order valence-electron chi connectivity index (χ3n) is 2.59. The van der Waals surface area contributed by atoms with Crippen LogP contribution in [0.1, 0.15) is 65.2 Å². The van der Waals surface area contributed by atoms with Gasteiger partial charge in [0.05, 0.1) is 0 Å². The molecule has 1 amide bonds. The summed E-state index contributed by atoms with van der Waals surface area (Å²) in [5.41, 5.74) is 0. The van der Waals surface area contributed by atoms with Crippen LogP contribution in [0.4, 0.5) is 0 Å². The van der Waals surface area contributed by atoms with Crippen molar-refractivity contribution >= 4 is 6.41 Å². The van der Waals surface area contributed by atoms with Gasteiger partial charge in [-0.3, -0.25) is 4.79 Å². The molecule has 0 radical (unpaired) electrons. The van der Waals surface area contributed by atoms with Crippen molar-refractivity contribution in [2.75, 3.05) is 0 Å². The molecule has 0 rings (SSSR count). The molecule has 0 aliphatic carbocycles. The molecule has 84 valence electrons. The van der Waals surface area contributed by atoms with Crippen molar-refractivity contribution in [3.05, 3.63) is 0 Å². The SMILES string of the molecule is CCCCCCCCCC(C)NC=O. The Morgan fingerprint density at radius 2 is 1.64 bits per heavy atom. The van der Waals surface area contributed by atoms with Crippen molar-refractivity contribution < 1.29 is 4.79 Å². The molecule has 0 aromatic rings. The van der Waals surface area contributed by atoms with Gasteiger partial charge in [-0.1, -0.05) is 51.9 Å². The number of amides is 1. The zero-order valence-corrected chi connectivity index (χ0v) is 9.72. The number of unbranched alkanes of at least 4 members (excludes halogenated alkanes) is 6. The van der Waals surface area contributed by atoms with Gasteiger partial charge in [-0.05, 0) is 13.3 Å². The number of nitrogens with one attached hydrogen (secondary N) is 1. The molecule has 0 saturated heterocycles. The molecule has 0 heterocycles. The Morgan fingerprint density at radius 1 is 1.07 bits per heavy atom. The molecular weight excluding hydrogens is 174 g/mol. The normalized spacial score (nSPS) is 12.4. The minimum absolute atomic E-state index is 0.350. The van der Waals surface area contributed by atoms with Gasteiger partial charge in [-0.15, -0.1) is 0 Å². The number of hydrogen-bond donors (Lipinski definition) is 1. The lowest BCUT2D eigenvalue weighted by molar-refractivity contribution is -0.110. The van der Waals surface area contributed by atoms with Crippen molar-refractivity contribution in [3.8, 4) is 0 Å². The second-order valence-corrected chi connectivity index (χ2v) is 4.10. The Kier molecular flexibility index (Phi) is 10.2. The Hall–Kier alpha value is -0.530. The van der Waals surface area contributed by atoms with Gasteiger partial charge >= 0.3 is 0 Å². The molecule has 0 saturated carbocycles. The largest absolute Gasteiger partial charge is 0.356 e. The first-order valence-corrected chi connectivity index (χ1v) is 6.01. The standard InChI is InChI=1S/C12H25NO/c1-3-4-5-6-7-8-9-10-12(2)13-11-14/h11-12H,3-10H2,1-2H3,(H,13,14). The highest BCUT2D eigenvalue weighted by Gasteiger charge is 1.98. The second-order valence-electron chi connectivity index (χ2n) is 4.10. The van der Waals surface area contributed by atoms with Crippen LogP contribution >= 0.6 is 0 Å². The molecule has 2 heteroatoms. The van der Waals surface area contributed by atoms with Crippen LogP contribution in [0.3, 0.4) is 0 Å². The summed E-state index contributed by atoms with van der Waals surface area (Å²) >= 11 is 0. The molecule has 0 aromatic carbocycles. The number of carbonyl (C=O) groups is 1. The Morgan fingerprint density at radius 3 is 2.21 bits per heavy atom. The van der Waals surface area contributed by atoms with E-state index in [0.717, 1.165) is 12.8 Å². The summed E-state index contributed by atoms with van der Waals surface area (Å²) in [6.45, 7) is 4.30. The van der Waals surface area contributed by atoms with E-state index in [1.54, 1.807) is 0 Å². The van der Waals surface area contributed by atoms with Crippen LogP contribution in [-0.4, -0.2) is 12.5 Å². The summed E-state index contributed by atoms with van der Waals surface area (Å²) in [7, 11) is 0. The van der Waals surface area contributed by atoms with Gasteiger partial charge in [0.25, 0.3) is 0 Å². The molecule has 1 atom stereocenters. The summed E-state index contributed by atoms with van der Waals surface area (Å²) in [5, 5.41) is 2.78. The van der Waals surface area contributed by atoms with Crippen molar-refractivity contribution in [2.24, 2.45) is 0 Å². The maximum absolute atomic E-state index is 10.1. The van der Waals surface area contributed by atoms with Crippen LogP contribution in [0.5, 0.6) is 0 Å². The van der Waals surface area contributed by atoms with E-state index in [2.05, 4.69) is 19.2 Å². The van der Waals surface area contributed by atoms with Crippen LogP contribution in [0.15, 0.2) is 0 Å². The van der Waals surface area contributed by atoms with Crippen molar-refractivity contribution in [1.29, 1.82) is 0 Å². The van der Waals surface area contributed by atoms with E-state index in [1.165, 1.54) is 44.9 Å². The van der Waals surface area contributed by atoms with Gasteiger partial charge in [0.2, 0.25) is 6.41 Å². The fourth-order valence-corrected chi connectivity index (χ4v) is 1.61. The first kappa shape index (κ1) is 13.5. The smallest absolute Gasteiger partial charge is 0.207 e. The molecule has 0 spiro atoms. The van der Waals surface area contributed by atoms with Gasteiger partial charge in [0.1, 0.15) is 0 Å². The molecule has 2 nitrogen and oxygen atoms in total. The number of carbonyl (C=O) groups excluding carboxylic acids is 1. The molecule has 1 unspecified atom stereocenters. The minimum atomic E-state index is 0.350. The van der Waals surface area contributed by atoms with E-state index in [-0.39, 0.29) is 0 Å². The fourth-order valence-electron chi connectivity index (χ4n) is 1.61. The third-order valence-corrected chi connectivity index (χ3v) is 2.59. The lowest BCUT2D eigenvalue weighted by Gasteiger charge is -2.08. The van der Waals surface area contributed by atoms with Crippen LogP contribution in [0.2, 0.25) is 0 Å². The van der Waals surface area contributed by atoms with E-state index in [0.29, 0.717) is 6.04 Å². The van der Waals surface area contributed by atoms with Gasteiger partial charge in [0.15, 0.2) is 0 Å². The Labute approximate surface area is 88.5 Å². The van der Waals surface area contributed by atoms with Crippen LogP contribution < -0.4 is 5.32 Å². The highest BCUT2D eigenvalue weighted by molar-refractivity contribution is 5.46. The molecule has 1 N–H and O–H groups in total. The number of hydrogen-bond acceptors (Lipinski definition) is 1. The van der Waals surface area contributed by atoms with Gasteiger partial charge < -0.3 is 5.32 Å². The summed E-state index contributed by atoms with van der Waals surface area (Å²) < 4.78 is 0. The lowest BCUT2D eigenvalue weighted by atomic mass is 10.1. The summed E-state index contributed by atoms with van der Waals surface area (Å²) in [5.74, 6) is 0. The number of rotatable bonds is 10. The van der Waals surface area contributed by atoms with Gasteiger partial charge in [-0.25, -0.2) is 0 Å². The first-order chi connectivity index (χ1) is 6.81. The Balaban J connectivity index is 3.01. The molecule has 0 aromatic heterocycles. The van der Waals surface area contributed by atoms with E-state index in [9.17, 15) is 4.79 Å². The molecule has 0 fully saturated rings. The maximum Gasteiger partial charge on any atom is 0.207 e. The quantitative estimate of drug-likeness (QED) is 0.424. The molecule has 0 aliphatic rings. The lowest BCUT2D eigenvalue weighted by Crippen LogP contribution is -2.23. The predicted molar refractivity (Wildman–Crippen MR) is 61.3 cm³/mol. The summed E-state index contributed by atoms with van der Waals surface area (Å²) in [6.07, 6.45) is 11.3. The topological polar surface area (TPSA) is 29.1 Å². The van der Waals surface area contributed by atoms with Crippen molar-refractivity contribution in [1.82, 2.24) is 5.32 Å². The fraction of sp³-hybridized carbons (Fsp3) is 0.917. The van der Waals surface area contributed by atoms with Crippen LogP contribution in [0, 0.1) is 0 Å². The monoisotopic (exact) mass is 199 g/mol. The highest BCUT2D eigenvalue weighted by atomic mass is 16.1. The summed E-state index contributed by atoms with van der Waals surface area (Å²) in [4.78, 5) is 10.1. The molecular formula is C12H25NO. The average molecular weight is 199 g/mol. The Bertz CT molecular complexity index is 125. The zero-order chi connectivity index (χ0) is 10.6. The molecule has 14 heavy (non-hydrogen) atoms. The third kappa shape index (κ3) is 9.56. The molecule has 0 aliphatic heterocycles. The highest BCUT2D eigenvalue weighted by Crippen LogP contribution is 2.09. The zero-order valence-electron chi connectivity index (χ0n) is 9.72. The minimum Gasteiger partial charge on any atom is -0.356 e. The average Bonchev–Trinajstić information content (AvgIpc) is 2.17. The van der Waals surface area contributed by atoms with Crippen molar-refractivity contribution in [2.45, 2.75) is 71.3 Å². The van der Waals surface area contributed by atoms with Crippen LogP contribution in [0.25, 0.3) is 0 Å². The van der Waals surface area contributed by atoms with Gasteiger partial charge in [-0.2, -0.15) is 0 Å². The van der Waals surface area contributed by atoms with E-state index >= 15 is 0 Å². The molecule has 0 bridgehead atoms. The van der Waals surface area contributed by atoms with E-state index < -0.39 is 0 Å². The second kappa shape index (κ2) is 10.6. The van der Waals surface area contributed by atoms with Crippen LogP contribution in [-0.2, 0) is 4.79 Å². The van der Waals surface area contributed by atoms with E-state index in [1.807, 2.05) is 0 Å². The van der Waals surface area contributed by atoms with Crippen molar-refractivity contribution in [3.63, 3.8) is 0 Å². The van der Waals surface area contributed by atoms with E-state index in [4.69, 9.17) is 0 Å². The maximum atomic E-state index is 10.1. The first-order valence-electron chi connectivity index (χ1n) is 6.01. The predicted octanol–water partition coefficient (Wildman–Crippen LogP) is 3.26. The summed E-state index contributed by atoms with van der Waals surface area (Å²) in [6, 6.07) is 0.350. The van der Waals surface area contributed by atoms with Gasteiger partial charge in [0, 0.05) is 6.04 Å².